The Morgan fingerprint density at radius 3 is 3.12 bits per heavy atom. The molecule has 0 amide bonds. The number of hydrogen-bond acceptors (Lipinski definition) is 6. The van der Waals surface area contributed by atoms with Crippen molar-refractivity contribution >= 4 is 28.0 Å². The van der Waals surface area contributed by atoms with Crippen LogP contribution in [0.4, 0.5) is 5.82 Å². The molecule has 2 atom stereocenters. The number of fused-ring (bicyclic) bond motifs is 1. The van der Waals surface area contributed by atoms with Gasteiger partial charge in [0, 0.05) is 19.6 Å². The van der Waals surface area contributed by atoms with Crippen molar-refractivity contribution in [3.8, 4) is 17.6 Å². The molecule has 1 fully saturated rings. The van der Waals surface area contributed by atoms with Gasteiger partial charge < -0.3 is 19.1 Å². The monoisotopic (exact) mass is 408 g/mol. The van der Waals surface area contributed by atoms with Crippen molar-refractivity contribution in [2.45, 2.75) is 38.1 Å². The Morgan fingerprint density at radius 1 is 1.40 bits per heavy atom. The smallest absolute Gasteiger partial charge is 0.172 e. The third-order valence-corrected chi connectivity index (χ3v) is 4.49. The third kappa shape index (κ3) is 5.18. The van der Waals surface area contributed by atoms with E-state index < -0.39 is 6.10 Å². The van der Waals surface area contributed by atoms with E-state index in [0.29, 0.717) is 31.9 Å². The van der Waals surface area contributed by atoms with E-state index in [-0.39, 0.29) is 6.29 Å². The molecule has 134 valence electrons. The van der Waals surface area contributed by atoms with Crippen molar-refractivity contribution in [2.24, 2.45) is 0 Å². The minimum absolute atomic E-state index is 0.107. The van der Waals surface area contributed by atoms with Crippen LogP contribution in [0.5, 0.6) is 5.75 Å². The number of halogens is 1. The first-order valence-corrected chi connectivity index (χ1v) is 9.28. The molecule has 1 aromatic rings. The Labute approximate surface area is 156 Å². The number of aldehydes is 1. The fourth-order valence-electron chi connectivity index (χ4n) is 2.81. The SMILES string of the molecule is O=CC1CN(CCC#CCOC2CCCCO2)c2nc(Br)ccc2O1. The molecular formula is C18H21BrN2O4. The van der Waals surface area contributed by atoms with Crippen LogP contribution in [-0.4, -0.2) is 50.0 Å². The molecule has 6 nitrogen and oxygen atoms in total. The number of rotatable bonds is 5. The van der Waals surface area contributed by atoms with Crippen LogP contribution in [0.1, 0.15) is 25.7 Å². The van der Waals surface area contributed by atoms with Crippen molar-refractivity contribution < 1.29 is 19.0 Å². The molecule has 2 unspecified atom stereocenters. The highest BCUT2D eigenvalue weighted by molar-refractivity contribution is 9.10. The number of anilines is 1. The minimum Gasteiger partial charge on any atom is -0.477 e. The summed E-state index contributed by atoms with van der Waals surface area (Å²) in [6, 6.07) is 3.62. The molecule has 0 N–H and O–H groups in total. The maximum absolute atomic E-state index is 11.1. The summed E-state index contributed by atoms with van der Waals surface area (Å²) < 4.78 is 17.4. The lowest BCUT2D eigenvalue weighted by Crippen LogP contribution is -2.41. The fraction of sp³-hybridized carbons (Fsp3) is 0.556. The van der Waals surface area contributed by atoms with Gasteiger partial charge >= 0.3 is 0 Å². The molecule has 7 heteroatoms. The maximum atomic E-state index is 11.1. The molecule has 3 heterocycles. The van der Waals surface area contributed by atoms with E-state index in [9.17, 15) is 4.79 Å². The highest BCUT2D eigenvalue weighted by Gasteiger charge is 2.26. The number of aromatic nitrogens is 1. The second-order valence-electron chi connectivity index (χ2n) is 5.90. The minimum atomic E-state index is -0.477. The number of nitrogens with zero attached hydrogens (tertiary/aromatic N) is 2. The molecule has 0 radical (unpaired) electrons. The van der Waals surface area contributed by atoms with Crippen LogP contribution in [0.15, 0.2) is 16.7 Å². The Bertz CT molecular complexity index is 652. The van der Waals surface area contributed by atoms with E-state index >= 15 is 0 Å². The molecule has 0 spiro atoms. The lowest BCUT2D eigenvalue weighted by molar-refractivity contribution is -0.154. The zero-order chi connectivity index (χ0) is 17.5. The molecule has 25 heavy (non-hydrogen) atoms. The number of hydrogen-bond donors (Lipinski definition) is 0. The Morgan fingerprint density at radius 2 is 2.32 bits per heavy atom. The molecule has 0 aromatic carbocycles. The van der Waals surface area contributed by atoms with Gasteiger partial charge in [-0.1, -0.05) is 11.8 Å². The summed E-state index contributed by atoms with van der Waals surface area (Å²) in [5.74, 6) is 7.49. The third-order valence-electron chi connectivity index (χ3n) is 4.05. The molecular weight excluding hydrogens is 388 g/mol. The van der Waals surface area contributed by atoms with Crippen molar-refractivity contribution in [3.63, 3.8) is 0 Å². The second-order valence-corrected chi connectivity index (χ2v) is 6.72. The Kier molecular flexibility index (Phi) is 6.68. The average Bonchev–Trinajstić information content (AvgIpc) is 2.65. The van der Waals surface area contributed by atoms with Crippen LogP contribution >= 0.6 is 15.9 Å². The normalized spacial score (nSPS) is 22.4. The van der Waals surface area contributed by atoms with E-state index in [2.05, 4.69) is 32.8 Å². The standard InChI is InChI=1S/C18H21BrN2O4/c19-16-8-7-15-18(20-16)21(12-14(13-22)25-15)9-3-1-4-10-23-17-6-2-5-11-24-17/h7-8,13-14,17H,2-3,5-6,9-12H2. The average molecular weight is 409 g/mol. The zero-order valence-corrected chi connectivity index (χ0v) is 15.5. The van der Waals surface area contributed by atoms with Gasteiger partial charge in [0.15, 0.2) is 30.2 Å². The van der Waals surface area contributed by atoms with Crippen LogP contribution in [-0.2, 0) is 14.3 Å². The summed E-state index contributed by atoms with van der Waals surface area (Å²) in [5, 5.41) is 0. The number of carbonyl (C=O) groups is 1. The zero-order valence-electron chi connectivity index (χ0n) is 13.9. The lowest BCUT2D eigenvalue weighted by atomic mass is 10.2. The molecule has 2 aliphatic rings. The highest BCUT2D eigenvalue weighted by atomic mass is 79.9. The maximum Gasteiger partial charge on any atom is 0.172 e. The fourth-order valence-corrected chi connectivity index (χ4v) is 3.11. The van der Waals surface area contributed by atoms with Crippen molar-refractivity contribution in [3.05, 3.63) is 16.7 Å². The van der Waals surface area contributed by atoms with Gasteiger partial charge in [-0.3, -0.25) is 4.79 Å². The summed E-state index contributed by atoms with van der Waals surface area (Å²) >= 11 is 3.37. The second kappa shape index (κ2) is 9.18. The van der Waals surface area contributed by atoms with Crippen molar-refractivity contribution in [1.29, 1.82) is 0 Å². The van der Waals surface area contributed by atoms with Crippen LogP contribution in [0.3, 0.4) is 0 Å². The molecule has 1 saturated heterocycles. The molecule has 2 aliphatic heterocycles. The van der Waals surface area contributed by atoms with Gasteiger partial charge in [-0.25, -0.2) is 4.98 Å². The topological polar surface area (TPSA) is 60.9 Å². The van der Waals surface area contributed by atoms with Crippen LogP contribution in [0.2, 0.25) is 0 Å². The van der Waals surface area contributed by atoms with Crippen molar-refractivity contribution in [1.82, 2.24) is 4.98 Å². The van der Waals surface area contributed by atoms with Gasteiger partial charge in [0.05, 0.1) is 6.54 Å². The van der Waals surface area contributed by atoms with Gasteiger partial charge in [0.2, 0.25) is 0 Å². The first-order valence-electron chi connectivity index (χ1n) is 8.48. The largest absolute Gasteiger partial charge is 0.477 e. The number of pyridine rings is 1. The van der Waals surface area contributed by atoms with E-state index in [0.717, 1.165) is 42.6 Å². The van der Waals surface area contributed by atoms with Crippen molar-refractivity contribution in [2.75, 3.05) is 31.2 Å². The van der Waals surface area contributed by atoms with Gasteiger partial charge in [0.25, 0.3) is 0 Å². The molecule has 0 aliphatic carbocycles. The van der Waals surface area contributed by atoms with Gasteiger partial charge in [-0.05, 0) is 47.3 Å². The predicted molar refractivity (Wildman–Crippen MR) is 96.6 cm³/mol. The summed E-state index contributed by atoms with van der Waals surface area (Å²) in [4.78, 5) is 17.6. The Hall–Kier alpha value is -1.62. The summed E-state index contributed by atoms with van der Waals surface area (Å²) in [7, 11) is 0. The summed E-state index contributed by atoms with van der Waals surface area (Å²) in [5.41, 5.74) is 0. The predicted octanol–water partition coefficient (Wildman–Crippen LogP) is 2.55. The van der Waals surface area contributed by atoms with Crippen LogP contribution < -0.4 is 9.64 Å². The first-order chi connectivity index (χ1) is 12.3. The lowest BCUT2D eigenvalue weighted by Gasteiger charge is -2.32. The van der Waals surface area contributed by atoms with Gasteiger partial charge in [-0.2, -0.15) is 0 Å². The van der Waals surface area contributed by atoms with E-state index in [1.807, 2.05) is 11.0 Å². The van der Waals surface area contributed by atoms with E-state index in [4.69, 9.17) is 14.2 Å². The quantitative estimate of drug-likeness (QED) is 0.423. The van der Waals surface area contributed by atoms with E-state index in [1.165, 1.54) is 0 Å². The number of carbonyl (C=O) groups excluding carboxylic acids is 1. The van der Waals surface area contributed by atoms with Gasteiger partial charge in [0.1, 0.15) is 11.2 Å². The molecule has 0 bridgehead atoms. The van der Waals surface area contributed by atoms with Gasteiger partial charge in [-0.15, -0.1) is 0 Å². The molecule has 0 saturated carbocycles. The molecule has 3 rings (SSSR count). The van der Waals surface area contributed by atoms with Crippen LogP contribution in [0, 0.1) is 11.8 Å². The Balaban J connectivity index is 1.50. The highest BCUT2D eigenvalue weighted by Crippen LogP contribution is 2.32. The number of ether oxygens (including phenoxy) is 3. The summed E-state index contributed by atoms with van der Waals surface area (Å²) in [6.07, 6.45) is 4.10. The first kappa shape index (κ1) is 18.2. The van der Waals surface area contributed by atoms with E-state index in [1.54, 1.807) is 6.07 Å². The summed E-state index contributed by atoms with van der Waals surface area (Å²) in [6.45, 7) is 2.31. The molecule has 1 aromatic heterocycles. The van der Waals surface area contributed by atoms with Crippen LogP contribution in [0.25, 0.3) is 0 Å².